The first-order valence-electron chi connectivity index (χ1n) is 7.52. The Balaban J connectivity index is 1.68. The Hall–Kier alpha value is -2.99. The van der Waals surface area contributed by atoms with Crippen molar-refractivity contribution in [3.8, 4) is 17.6 Å². The molecule has 0 fully saturated rings. The molecule has 0 saturated heterocycles. The second-order valence-electron chi connectivity index (χ2n) is 5.23. The molecule has 3 heteroatoms. The van der Waals surface area contributed by atoms with Crippen LogP contribution >= 0.6 is 0 Å². The minimum Gasteiger partial charge on any atom is -0.490 e. The summed E-state index contributed by atoms with van der Waals surface area (Å²) in [4.78, 5) is 0. The standard InChI is InChI=1S/C20H17NO2/c1-15-6-2-5-9-19(15)22-12-13-23-20-11-10-16-7-3-4-8-17(16)18(20)14-21/h2-11H,12-13H2,1H3. The highest BCUT2D eigenvalue weighted by Crippen LogP contribution is 2.27. The SMILES string of the molecule is Cc1ccccc1OCCOc1ccc2ccccc2c1C#N. The van der Waals surface area contributed by atoms with E-state index in [1.165, 1.54) is 0 Å². The van der Waals surface area contributed by atoms with Gasteiger partial charge in [0, 0.05) is 5.39 Å². The van der Waals surface area contributed by atoms with E-state index in [1.807, 2.05) is 67.6 Å². The quantitative estimate of drug-likeness (QED) is 0.653. The van der Waals surface area contributed by atoms with Gasteiger partial charge in [-0.05, 0) is 30.0 Å². The fraction of sp³-hybridized carbons (Fsp3) is 0.150. The lowest BCUT2D eigenvalue weighted by molar-refractivity contribution is 0.216. The summed E-state index contributed by atoms with van der Waals surface area (Å²) in [5, 5.41) is 11.4. The van der Waals surface area contributed by atoms with Crippen molar-refractivity contribution < 1.29 is 9.47 Å². The van der Waals surface area contributed by atoms with Gasteiger partial charge in [-0.2, -0.15) is 5.26 Å². The smallest absolute Gasteiger partial charge is 0.137 e. The molecule has 0 heterocycles. The molecule has 0 atom stereocenters. The third-order valence-electron chi connectivity index (χ3n) is 3.69. The molecular formula is C20H17NO2. The van der Waals surface area contributed by atoms with Gasteiger partial charge in [0.05, 0.1) is 0 Å². The summed E-state index contributed by atoms with van der Waals surface area (Å²) in [6.07, 6.45) is 0. The van der Waals surface area contributed by atoms with Crippen LogP contribution in [-0.4, -0.2) is 13.2 Å². The van der Waals surface area contributed by atoms with Crippen molar-refractivity contribution in [1.82, 2.24) is 0 Å². The van der Waals surface area contributed by atoms with Crippen LogP contribution in [0.5, 0.6) is 11.5 Å². The summed E-state index contributed by atoms with van der Waals surface area (Å²) >= 11 is 0. The van der Waals surface area contributed by atoms with Gasteiger partial charge in [0.15, 0.2) is 0 Å². The summed E-state index contributed by atoms with van der Waals surface area (Å²) in [5.41, 5.74) is 1.66. The lowest BCUT2D eigenvalue weighted by atomic mass is 10.0. The molecule has 3 rings (SSSR count). The predicted octanol–water partition coefficient (Wildman–Crippen LogP) is 4.48. The Morgan fingerprint density at radius 3 is 2.30 bits per heavy atom. The number of benzene rings is 3. The fourth-order valence-corrected chi connectivity index (χ4v) is 2.51. The van der Waals surface area contributed by atoms with Gasteiger partial charge in [0.25, 0.3) is 0 Å². The molecule has 0 unspecified atom stereocenters. The number of hydrogen-bond donors (Lipinski definition) is 0. The molecule has 23 heavy (non-hydrogen) atoms. The van der Waals surface area contributed by atoms with Gasteiger partial charge in [0.1, 0.15) is 36.3 Å². The molecule has 3 aromatic carbocycles. The van der Waals surface area contributed by atoms with Gasteiger partial charge in [-0.1, -0.05) is 48.5 Å². The summed E-state index contributed by atoms with van der Waals surface area (Å²) in [7, 11) is 0. The third-order valence-corrected chi connectivity index (χ3v) is 3.69. The third kappa shape index (κ3) is 3.27. The molecule has 0 saturated carbocycles. The number of nitriles is 1. The minimum atomic E-state index is 0.390. The minimum absolute atomic E-state index is 0.390. The van der Waals surface area contributed by atoms with Crippen molar-refractivity contribution in [3.63, 3.8) is 0 Å². The molecule has 0 N–H and O–H groups in total. The number of ether oxygens (including phenoxy) is 2. The average molecular weight is 303 g/mol. The maximum Gasteiger partial charge on any atom is 0.137 e. The largest absolute Gasteiger partial charge is 0.490 e. The van der Waals surface area contributed by atoms with Crippen LogP contribution in [0.2, 0.25) is 0 Å². The van der Waals surface area contributed by atoms with E-state index in [1.54, 1.807) is 0 Å². The normalized spacial score (nSPS) is 10.3. The Morgan fingerprint density at radius 1 is 0.826 bits per heavy atom. The van der Waals surface area contributed by atoms with E-state index in [2.05, 4.69) is 6.07 Å². The molecular weight excluding hydrogens is 286 g/mol. The molecule has 0 spiro atoms. The zero-order chi connectivity index (χ0) is 16.1. The summed E-state index contributed by atoms with van der Waals surface area (Å²) in [6.45, 7) is 2.83. The van der Waals surface area contributed by atoms with Crippen molar-refractivity contribution in [1.29, 1.82) is 5.26 Å². The topological polar surface area (TPSA) is 42.2 Å². The van der Waals surface area contributed by atoms with Crippen LogP contribution in [0.25, 0.3) is 10.8 Å². The molecule has 3 nitrogen and oxygen atoms in total. The monoisotopic (exact) mass is 303 g/mol. The highest BCUT2D eigenvalue weighted by Gasteiger charge is 2.08. The van der Waals surface area contributed by atoms with Crippen molar-refractivity contribution in [3.05, 3.63) is 71.8 Å². The summed E-state index contributed by atoms with van der Waals surface area (Å²) in [6, 6.07) is 21.7. The van der Waals surface area contributed by atoms with Crippen molar-refractivity contribution in [2.24, 2.45) is 0 Å². The van der Waals surface area contributed by atoms with Crippen LogP contribution < -0.4 is 9.47 Å². The molecule has 0 bridgehead atoms. The zero-order valence-corrected chi connectivity index (χ0v) is 13.0. The summed E-state index contributed by atoms with van der Waals surface area (Å²) in [5.74, 6) is 1.45. The van der Waals surface area contributed by atoms with Crippen LogP contribution in [-0.2, 0) is 0 Å². The molecule has 0 aromatic heterocycles. The van der Waals surface area contributed by atoms with Crippen molar-refractivity contribution in [2.75, 3.05) is 13.2 Å². The molecule has 3 aromatic rings. The van der Waals surface area contributed by atoms with E-state index in [0.717, 1.165) is 22.1 Å². The Morgan fingerprint density at radius 2 is 1.52 bits per heavy atom. The van der Waals surface area contributed by atoms with E-state index in [0.29, 0.717) is 24.5 Å². The average Bonchev–Trinajstić information content (AvgIpc) is 2.59. The number of nitrogens with zero attached hydrogens (tertiary/aromatic N) is 1. The lowest BCUT2D eigenvalue weighted by Crippen LogP contribution is -2.10. The van der Waals surface area contributed by atoms with Gasteiger partial charge in [-0.3, -0.25) is 0 Å². The second kappa shape index (κ2) is 6.85. The van der Waals surface area contributed by atoms with Crippen LogP contribution in [0.3, 0.4) is 0 Å². The first-order valence-corrected chi connectivity index (χ1v) is 7.52. The predicted molar refractivity (Wildman–Crippen MR) is 90.8 cm³/mol. The van der Waals surface area contributed by atoms with E-state index in [9.17, 15) is 5.26 Å². The number of fused-ring (bicyclic) bond motifs is 1. The number of aryl methyl sites for hydroxylation is 1. The fourth-order valence-electron chi connectivity index (χ4n) is 2.51. The van der Waals surface area contributed by atoms with Crippen LogP contribution in [0.15, 0.2) is 60.7 Å². The van der Waals surface area contributed by atoms with Gasteiger partial charge in [0.2, 0.25) is 0 Å². The second-order valence-corrected chi connectivity index (χ2v) is 5.23. The highest BCUT2D eigenvalue weighted by molar-refractivity contribution is 5.90. The number of rotatable bonds is 5. The molecule has 0 amide bonds. The molecule has 0 aliphatic heterocycles. The van der Waals surface area contributed by atoms with Gasteiger partial charge in [-0.25, -0.2) is 0 Å². The van der Waals surface area contributed by atoms with Crippen molar-refractivity contribution >= 4 is 10.8 Å². The number of hydrogen-bond acceptors (Lipinski definition) is 3. The van der Waals surface area contributed by atoms with E-state index in [-0.39, 0.29) is 0 Å². The lowest BCUT2D eigenvalue weighted by Gasteiger charge is -2.12. The number of para-hydroxylation sites is 1. The van der Waals surface area contributed by atoms with Gasteiger partial charge >= 0.3 is 0 Å². The Bertz CT molecular complexity index is 865. The Kier molecular flexibility index (Phi) is 4.44. The molecule has 0 aliphatic carbocycles. The van der Waals surface area contributed by atoms with E-state index < -0.39 is 0 Å². The van der Waals surface area contributed by atoms with Crippen LogP contribution in [0.1, 0.15) is 11.1 Å². The maximum atomic E-state index is 9.43. The van der Waals surface area contributed by atoms with E-state index >= 15 is 0 Å². The zero-order valence-electron chi connectivity index (χ0n) is 13.0. The van der Waals surface area contributed by atoms with Crippen molar-refractivity contribution in [2.45, 2.75) is 6.92 Å². The molecule has 0 radical (unpaired) electrons. The van der Waals surface area contributed by atoms with Crippen LogP contribution in [0, 0.1) is 18.3 Å². The molecule has 0 aliphatic rings. The van der Waals surface area contributed by atoms with Gasteiger partial charge in [-0.15, -0.1) is 0 Å². The highest BCUT2D eigenvalue weighted by atomic mass is 16.5. The van der Waals surface area contributed by atoms with Crippen LogP contribution in [0.4, 0.5) is 0 Å². The first-order chi connectivity index (χ1) is 11.3. The first kappa shape index (κ1) is 14.9. The maximum absolute atomic E-state index is 9.43. The van der Waals surface area contributed by atoms with Gasteiger partial charge < -0.3 is 9.47 Å². The Labute approximate surface area is 135 Å². The summed E-state index contributed by atoms with van der Waals surface area (Å²) < 4.78 is 11.5. The molecule has 114 valence electrons. The van der Waals surface area contributed by atoms with E-state index in [4.69, 9.17) is 9.47 Å².